The molecule has 1 saturated heterocycles. The van der Waals surface area contributed by atoms with E-state index in [-0.39, 0.29) is 10.9 Å². The summed E-state index contributed by atoms with van der Waals surface area (Å²) in [6, 6.07) is 6.66. The van der Waals surface area contributed by atoms with Gasteiger partial charge in [-0.1, -0.05) is 12.8 Å². The van der Waals surface area contributed by atoms with Gasteiger partial charge in [0.1, 0.15) is 0 Å². The van der Waals surface area contributed by atoms with Crippen molar-refractivity contribution >= 4 is 21.6 Å². The van der Waals surface area contributed by atoms with Crippen LogP contribution in [0.4, 0.5) is 10.5 Å². The molecular weight excluding hydrogens is 312 g/mol. The monoisotopic (exact) mass is 336 g/mol. The molecule has 1 atom stereocenters. The molecule has 0 spiro atoms. The van der Waals surface area contributed by atoms with Crippen molar-refractivity contribution < 1.29 is 13.2 Å². The second-order valence-electron chi connectivity index (χ2n) is 6.67. The molecule has 23 heavy (non-hydrogen) atoms. The summed E-state index contributed by atoms with van der Waals surface area (Å²) in [6.07, 6.45) is 8.38. The van der Waals surface area contributed by atoms with Crippen LogP contribution in [0.15, 0.2) is 29.2 Å². The van der Waals surface area contributed by atoms with Gasteiger partial charge in [-0.05, 0) is 55.9 Å². The van der Waals surface area contributed by atoms with Gasteiger partial charge in [-0.25, -0.2) is 13.2 Å². The second-order valence-corrected chi connectivity index (χ2v) is 8.69. The molecule has 1 heterocycles. The number of carbonyl (C=O) groups excluding carboxylic acids is 1. The van der Waals surface area contributed by atoms with Crippen molar-refractivity contribution in [1.29, 1.82) is 0 Å². The number of likely N-dealkylation sites (tertiary alicyclic amines) is 1. The summed E-state index contributed by atoms with van der Waals surface area (Å²) in [5, 5.41) is 2.91. The predicted octanol–water partition coefficient (Wildman–Crippen LogP) is 3.28. The largest absolute Gasteiger partial charge is 0.322 e. The first-order valence-electron chi connectivity index (χ1n) is 8.33. The van der Waals surface area contributed by atoms with Gasteiger partial charge in [0.2, 0.25) is 0 Å². The Kier molecular flexibility index (Phi) is 4.62. The fraction of sp³-hybridized carbons (Fsp3) is 0.588. The van der Waals surface area contributed by atoms with Crippen molar-refractivity contribution in [2.45, 2.75) is 49.5 Å². The van der Waals surface area contributed by atoms with Crippen LogP contribution < -0.4 is 5.32 Å². The maximum Gasteiger partial charge on any atom is 0.322 e. The molecule has 0 unspecified atom stereocenters. The highest BCUT2D eigenvalue weighted by Gasteiger charge is 2.35. The topological polar surface area (TPSA) is 66.5 Å². The first-order valence-corrected chi connectivity index (χ1v) is 10.2. The van der Waals surface area contributed by atoms with Gasteiger partial charge in [-0.2, -0.15) is 0 Å². The van der Waals surface area contributed by atoms with Crippen molar-refractivity contribution in [3.8, 4) is 0 Å². The van der Waals surface area contributed by atoms with E-state index in [0.29, 0.717) is 17.6 Å². The summed E-state index contributed by atoms with van der Waals surface area (Å²) >= 11 is 0. The maximum absolute atomic E-state index is 12.6. The van der Waals surface area contributed by atoms with Gasteiger partial charge in [-0.3, -0.25) is 0 Å². The number of nitrogens with one attached hydrogen (secondary N) is 1. The minimum atomic E-state index is -3.21. The molecule has 0 radical (unpaired) electrons. The molecule has 2 fully saturated rings. The van der Waals surface area contributed by atoms with E-state index in [4.69, 9.17) is 0 Å². The third-order valence-electron chi connectivity index (χ3n) is 5.04. The molecule has 2 amide bonds. The first-order chi connectivity index (χ1) is 10.9. The zero-order valence-corrected chi connectivity index (χ0v) is 14.3. The van der Waals surface area contributed by atoms with Gasteiger partial charge in [0.25, 0.3) is 0 Å². The Labute approximate surface area is 138 Å². The number of nitrogens with zero attached hydrogens (tertiary/aromatic N) is 1. The van der Waals surface area contributed by atoms with Crippen LogP contribution in [0.3, 0.4) is 0 Å². The van der Waals surface area contributed by atoms with E-state index in [1.54, 1.807) is 12.1 Å². The SMILES string of the molecule is CS(=O)(=O)c1ccc(NC(=O)N2CCC[C@@H]2C2CCCC2)cc1. The third-order valence-corrected chi connectivity index (χ3v) is 6.17. The Hall–Kier alpha value is -1.56. The number of sulfone groups is 1. The zero-order valence-electron chi connectivity index (χ0n) is 13.5. The van der Waals surface area contributed by atoms with Crippen LogP contribution >= 0.6 is 0 Å². The lowest BCUT2D eigenvalue weighted by Crippen LogP contribution is -2.41. The molecule has 0 bridgehead atoms. The van der Waals surface area contributed by atoms with Gasteiger partial charge in [-0.15, -0.1) is 0 Å². The fourth-order valence-electron chi connectivity index (χ4n) is 3.86. The Bertz CT molecular complexity index is 664. The van der Waals surface area contributed by atoms with Crippen molar-refractivity contribution in [1.82, 2.24) is 4.90 Å². The van der Waals surface area contributed by atoms with Crippen LogP contribution in [0, 0.1) is 5.92 Å². The molecule has 1 aliphatic heterocycles. The molecule has 6 heteroatoms. The van der Waals surface area contributed by atoms with Gasteiger partial charge >= 0.3 is 6.03 Å². The van der Waals surface area contributed by atoms with Crippen LogP contribution in [0.5, 0.6) is 0 Å². The van der Waals surface area contributed by atoms with E-state index in [2.05, 4.69) is 5.32 Å². The molecular formula is C17H24N2O3S. The zero-order chi connectivity index (χ0) is 16.4. The molecule has 1 aromatic carbocycles. The molecule has 1 aliphatic carbocycles. The van der Waals surface area contributed by atoms with Crippen molar-refractivity contribution in [2.75, 3.05) is 18.1 Å². The highest BCUT2D eigenvalue weighted by Crippen LogP contribution is 2.35. The number of benzene rings is 1. The lowest BCUT2D eigenvalue weighted by atomic mass is 9.96. The molecule has 1 saturated carbocycles. The Morgan fingerprint density at radius 2 is 1.74 bits per heavy atom. The van der Waals surface area contributed by atoms with E-state index in [1.165, 1.54) is 44.1 Å². The van der Waals surface area contributed by atoms with Gasteiger partial charge in [0.15, 0.2) is 9.84 Å². The molecule has 1 N–H and O–H groups in total. The predicted molar refractivity (Wildman–Crippen MR) is 90.3 cm³/mol. The Balaban J connectivity index is 1.66. The van der Waals surface area contributed by atoms with E-state index in [1.807, 2.05) is 4.90 Å². The number of hydrogen-bond acceptors (Lipinski definition) is 3. The highest BCUT2D eigenvalue weighted by molar-refractivity contribution is 7.90. The first kappa shape index (κ1) is 16.3. The lowest BCUT2D eigenvalue weighted by molar-refractivity contribution is 0.185. The minimum Gasteiger partial charge on any atom is -0.321 e. The molecule has 0 aromatic heterocycles. The maximum atomic E-state index is 12.6. The minimum absolute atomic E-state index is 0.0634. The van der Waals surface area contributed by atoms with Crippen LogP contribution in [-0.2, 0) is 9.84 Å². The van der Waals surface area contributed by atoms with Gasteiger partial charge in [0, 0.05) is 24.5 Å². The summed E-state index contributed by atoms with van der Waals surface area (Å²) in [5.74, 6) is 0.649. The van der Waals surface area contributed by atoms with E-state index in [9.17, 15) is 13.2 Å². The fourth-order valence-corrected chi connectivity index (χ4v) is 4.49. The van der Waals surface area contributed by atoms with Gasteiger partial charge < -0.3 is 10.2 Å². The van der Waals surface area contributed by atoms with E-state index >= 15 is 0 Å². The molecule has 3 rings (SSSR count). The number of hydrogen-bond donors (Lipinski definition) is 1. The number of rotatable bonds is 3. The quantitative estimate of drug-likeness (QED) is 0.921. The van der Waals surface area contributed by atoms with Crippen LogP contribution in [0.1, 0.15) is 38.5 Å². The van der Waals surface area contributed by atoms with Crippen LogP contribution in [-0.4, -0.2) is 38.2 Å². The van der Waals surface area contributed by atoms with Crippen molar-refractivity contribution in [3.63, 3.8) is 0 Å². The highest BCUT2D eigenvalue weighted by atomic mass is 32.2. The number of anilines is 1. The van der Waals surface area contributed by atoms with Crippen molar-refractivity contribution in [2.24, 2.45) is 5.92 Å². The summed E-state index contributed by atoms with van der Waals surface area (Å²) in [4.78, 5) is 14.8. The van der Waals surface area contributed by atoms with Crippen LogP contribution in [0.25, 0.3) is 0 Å². The molecule has 126 valence electrons. The average Bonchev–Trinajstić information content (AvgIpc) is 3.17. The number of amides is 2. The average molecular weight is 336 g/mol. The molecule has 2 aliphatic rings. The Morgan fingerprint density at radius 3 is 2.35 bits per heavy atom. The standard InChI is InChI=1S/C17H24N2O3S/c1-23(21,22)15-10-8-14(9-11-15)18-17(20)19-12-4-7-16(19)13-5-2-3-6-13/h8-11,13,16H,2-7,12H2,1H3,(H,18,20)/t16-/m1/s1. The lowest BCUT2D eigenvalue weighted by Gasteiger charge is -2.29. The summed E-state index contributed by atoms with van der Waals surface area (Å²) in [6.45, 7) is 0.814. The second kappa shape index (κ2) is 6.51. The molecule has 1 aromatic rings. The molecule has 5 nitrogen and oxygen atoms in total. The Morgan fingerprint density at radius 1 is 1.09 bits per heavy atom. The number of carbonyl (C=O) groups is 1. The van der Waals surface area contributed by atoms with Gasteiger partial charge in [0.05, 0.1) is 4.90 Å². The summed E-state index contributed by atoms with van der Waals surface area (Å²) in [5.41, 5.74) is 0.638. The van der Waals surface area contributed by atoms with Crippen molar-refractivity contribution in [3.05, 3.63) is 24.3 Å². The number of urea groups is 1. The third kappa shape index (κ3) is 3.68. The normalized spacial score (nSPS) is 22.5. The van der Waals surface area contributed by atoms with E-state index in [0.717, 1.165) is 19.4 Å². The van der Waals surface area contributed by atoms with Crippen LogP contribution in [0.2, 0.25) is 0 Å². The van der Waals surface area contributed by atoms with E-state index < -0.39 is 9.84 Å². The summed E-state index contributed by atoms with van der Waals surface area (Å²) < 4.78 is 22.9. The summed E-state index contributed by atoms with van der Waals surface area (Å²) in [7, 11) is -3.21. The smallest absolute Gasteiger partial charge is 0.321 e.